The van der Waals surface area contributed by atoms with Crippen molar-refractivity contribution in [3.8, 4) is 0 Å². The summed E-state index contributed by atoms with van der Waals surface area (Å²) in [7, 11) is 0. The smallest absolute Gasteiger partial charge is 0.0783 e. The summed E-state index contributed by atoms with van der Waals surface area (Å²) in [6.07, 6.45) is 3.40. The standard InChI is InChI=1S/C17H23NO2S/c18-16(12-1-2-14-9-19-10-15(14)7-12)13-3-5-20-17(8-13)4-6-21-11-17/h1-2,7,13,16H,3-6,8-11,18H2. The van der Waals surface area contributed by atoms with Crippen molar-refractivity contribution in [2.45, 2.75) is 44.1 Å². The lowest BCUT2D eigenvalue weighted by atomic mass is 9.79. The number of nitrogens with two attached hydrogens (primary N) is 1. The molecule has 2 saturated heterocycles. The summed E-state index contributed by atoms with van der Waals surface area (Å²) in [4.78, 5) is 0. The Balaban J connectivity index is 1.52. The molecule has 114 valence electrons. The van der Waals surface area contributed by atoms with Crippen molar-refractivity contribution < 1.29 is 9.47 Å². The first kappa shape index (κ1) is 14.1. The van der Waals surface area contributed by atoms with Crippen molar-refractivity contribution in [1.29, 1.82) is 0 Å². The molecule has 21 heavy (non-hydrogen) atoms. The predicted molar refractivity (Wildman–Crippen MR) is 85.2 cm³/mol. The first-order valence-electron chi connectivity index (χ1n) is 7.93. The van der Waals surface area contributed by atoms with Gasteiger partial charge in [0.2, 0.25) is 0 Å². The summed E-state index contributed by atoms with van der Waals surface area (Å²) in [5.74, 6) is 2.92. The van der Waals surface area contributed by atoms with Crippen LogP contribution in [-0.4, -0.2) is 23.7 Å². The van der Waals surface area contributed by atoms with E-state index in [1.54, 1.807) is 0 Å². The summed E-state index contributed by atoms with van der Waals surface area (Å²) >= 11 is 2.02. The molecule has 3 atom stereocenters. The molecule has 3 heterocycles. The van der Waals surface area contributed by atoms with E-state index >= 15 is 0 Å². The number of thioether (sulfide) groups is 1. The van der Waals surface area contributed by atoms with Crippen LogP contribution < -0.4 is 5.73 Å². The average Bonchev–Trinajstić information content (AvgIpc) is 3.15. The molecule has 3 unspecified atom stereocenters. The van der Waals surface area contributed by atoms with Gasteiger partial charge in [-0.3, -0.25) is 0 Å². The van der Waals surface area contributed by atoms with Crippen molar-refractivity contribution in [2.75, 3.05) is 18.1 Å². The molecule has 1 aromatic carbocycles. The van der Waals surface area contributed by atoms with E-state index in [2.05, 4.69) is 18.2 Å². The van der Waals surface area contributed by atoms with Gasteiger partial charge in [-0.15, -0.1) is 0 Å². The van der Waals surface area contributed by atoms with Crippen LogP contribution in [0, 0.1) is 5.92 Å². The topological polar surface area (TPSA) is 44.5 Å². The SMILES string of the molecule is NC(c1ccc2c(c1)COC2)C1CCOC2(CCSC2)C1. The van der Waals surface area contributed by atoms with Gasteiger partial charge >= 0.3 is 0 Å². The van der Waals surface area contributed by atoms with Crippen LogP contribution in [0.1, 0.15) is 42.0 Å². The summed E-state index contributed by atoms with van der Waals surface area (Å²) < 4.78 is 11.6. The first-order valence-corrected chi connectivity index (χ1v) is 9.08. The second-order valence-electron chi connectivity index (χ2n) is 6.63. The fourth-order valence-corrected chi connectivity index (χ4v) is 5.29. The van der Waals surface area contributed by atoms with Gasteiger partial charge in [0.1, 0.15) is 0 Å². The van der Waals surface area contributed by atoms with E-state index in [1.807, 2.05) is 11.8 Å². The molecule has 2 fully saturated rings. The fraction of sp³-hybridized carbons (Fsp3) is 0.647. The highest BCUT2D eigenvalue weighted by atomic mass is 32.2. The van der Waals surface area contributed by atoms with Crippen molar-refractivity contribution >= 4 is 11.8 Å². The summed E-state index contributed by atoms with van der Waals surface area (Å²) in [5, 5.41) is 0. The van der Waals surface area contributed by atoms with Crippen LogP contribution in [-0.2, 0) is 22.7 Å². The van der Waals surface area contributed by atoms with E-state index in [9.17, 15) is 0 Å². The summed E-state index contributed by atoms with van der Waals surface area (Å²) in [6, 6.07) is 6.78. The van der Waals surface area contributed by atoms with Crippen LogP contribution in [0.4, 0.5) is 0 Å². The molecule has 3 nitrogen and oxygen atoms in total. The Kier molecular flexibility index (Phi) is 3.74. The minimum atomic E-state index is 0.116. The molecular formula is C17H23NO2S. The average molecular weight is 305 g/mol. The zero-order chi connectivity index (χ0) is 14.3. The molecule has 3 aliphatic rings. The maximum Gasteiger partial charge on any atom is 0.0783 e. The molecule has 0 saturated carbocycles. The number of fused-ring (bicyclic) bond motifs is 1. The molecule has 4 heteroatoms. The van der Waals surface area contributed by atoms with Gasteiger partial charge in [0.15, 0.2) is 0 Å². The highest BCUT2D eigenvalue weighted by Crippen LogP contribution is 2.43. The quantitative estimate of drug-likeness (QED) is 0.912. The number of ether oxygens (including phenoxy) is 2. The highest BCUT2D eigenvalue weighted by molar-refractivity contribution is 7.99. The van der Waals surface area contributed by atoms with E-state index in [-0.39, 0.29) is 11.6 Å². The van der Waals surface area contributed by atoms with Gasteiger partial charge in [-0.2, -0.15) is 11.8 Å². The van der Waals surface area contributed by atoms with Crippen molar-refractivity contribution in [2.24, 2.45) is 11.7 Å². The summed E-state index contributed by atoms with van der Waals surface area (Å²) in [5.41, 5.74) is 10.6. The van der Waals surface area contributed by atoms with E-state index in [0.29, 0.717) is 5.92 Å². The Morgan fingerprint density at radius 1 is 1.29 bits per heavy atom. The fourth-order valence-electron chi connectivity index (χ4n) is 3.91. The lowest BCUT2D eigenvalue weighted by Gasteiger charge is -2.40. The van der Waals surface area contributed by atoms with Crippen LogP contribution in [0.5, 0.6) is 0 Å². The van der Waals surface area contributed by atoms with Crippen LogP contribution in [0.2, 0.25) is 0 Å². The number of hydrogen-bond donors (Lipinski definition) is 1. The molecule has 1 spiro atoms. The molecule has 3 aliphatic heterocycles. The van der Waals surface area contributed by atoms with E-state index in [4.69, 9.17) is 15.2 Å². The second-order valence-corrected chi connectivity index (χ2v) is 7.74. The lowest BCUT2D eigenvalue weighted by molar-refractivity contribution is -0.0834. The Bertz CT molecular complexity index is 528. The van der Waals surface area contributed by atoms with Gasteiger partial charge in [-0.1, -0.05) is 18.2 Å². The Hall–Kier alpha value is -0.550. The molecule has 0 aliphatic carbocycles. The number of hydrogen-bond acceptors (Lipinski definition) is 4. The molecular weight excluding hydrogens is 282 g/mol. The van der Waals surface area contributed by atoms with Gasteiger partial charge in [0.05, 0.1) is 18.8 Å². The van der Waals surface area contributed by atoms with Crippen LogP contribution in [0.25, 0.3) is 0 Å². The monoisotopic (exact) mass is 305 g/mol. The number of rotatable bonds is 2. The molecule has 0 radical (unpaired) electrons. The van der Waals surface area contributed by atoms with Gasteiger partial charge in [0.25, 0.3) is 0 Å². The molecule has 1 aromatic rings. The maximum atomic E-state index is 6.61. The zero-order valence-electron chi connectivity index (χ0n) is 12.3. The van der Waals surface area contributed by atoms with Crippen molar-refractivity contribution in [1.82, 2.24) is 0 Å². The highest BCUT2D eigenvalue weighted by Gasteiger charge is 2.42. The predicted octanol–water partition coefficient (Wildman–Crippen LogP) is 3.02. The van der Waals surface area contributed by atoms with Gasteiger partial charge in [-0.05, 0) is 47.6 Å². The normalized spacial score (nSPS) is 33.3. The van der Waals surface area contributed by atoms with Gasteiger partial charge < -0.3 is 15.2 Å². The lowest BCUT2D eigenvalue weighted by Crippen LogP contribution is -2.42. The van der Waals surface area contributed by atoms with Gasteiger partial charge in [-0.25, -0.2) is 0 Å². The molecule has 4 rings (SSSR count). The first-order chi connectivity index (χ1) is 10.3. The third kappa shape index (κ3) is 2.63. The number of benzene rings is 1. The largest absolute Gasteiger partial charge is 0.374 e. The van der Waals surface area contributed by atoms with Crippen molar-refractivity contribution in [3.05, 3.63) is 34.9 Å². The van der Waals surface area contributed by atoms with Crippen LogP contribution >= 0.6 is 11.8 Å². The third-order valence-corrected chi connectivity index (χ3v) is 6.46. The minimum Gasteiger partial charge on any atom is -0.374 e. The Morgan fingerprint density at radius 3 is 3.05 bits per heavy atom. The third-order valence-electron chi connectivity index (χ3n) is 5.24. The van der Waals surface area contributed by atoms with Crippen LogP contribution in [0.3, 0.4) is 0 Å². The maximum absolute atomic E-state index is 6.61. The molecule has 0 bridgehead atoms. The molecule has 0 amide bonds. The Labute approximate surface area is 130 Å². The van der Waals surface area contributed by atoms with Crippen LogP contribution in [0.15, 0.2) is 18.2 Å². The Morgan fingerprint density at radius 2 is 2.19 bits per heavy atom. The van der Waals surface area contributed by atoms with E-state index < -0.39 is 0 Å². The zero-order valence-corrected chi connectivity index (χ0v) is 13.2. The van der Waals surface area contributed by atoms with E-state index in [0.717, 1.165) is 38.4 Å². The minimum absolute atomic E-state index is 0.116. The summed E-state index contributed by atoms with van der Waals surface area (Å²) in [6.45, 7) is 2.36. The second kappa shape index (κ2) is 5.58. The molecule has 0 aromatic heterocycles. The molecule has 2 N–H and O–H groups in total. The van der Waals surface area contributed by atoms with E-state index in [1.165, 1.54) is 28.9 Å². The van der Waals surface area contributed by atoms with Gasteiger partial charge in [0, 0.05) is 18.4 Å². The van der Waals surface area contributed by atoms with Crippen molar-refractivity contribution in [3.63, 3.8) is 0 Å².